The monoisotopic (exact) mass is 287 g/mol. The molecule has 3 rings (SSSR count). The molecule has 0 saturated heterocycles. The van der Waals surface area contributed by atoms with E-state index in [1.807, 2.05) is 41.8 Å². The highest BCUT2D eigenvalue weighted by atomic mass is 32.1. The number of fused-ring (bicyclic) bond motifs is 1. The van der Waals surface area contributed by atoms with Crippen molar-refractivity contribution in [1.82, 2.24) is 0 Å². The van der Waals surface area contributed by atoms with Crippen molar-refractivity contribution in [3.05, 3.63) is 52.2 Å². The number of carbonyl (C=O) groups is 2. The normalized spacial score (nSPS) is 17.0. The van der Waals surface area contributed by atoms with E-state index >= 15 is 0 Å². The van der Waals surface area contributed by atoms with Crippen molar-refractivity contribution in [1.29, 1.82) is 0 Å². The fourth-order valence-electron chi connectivity index (χ4n) is 2.54. The lowest BCUT2D eigenvalue weighted by atomic mass is 10.1. The summed E-state index contributed by atoms with van der Waals surface area (Å²) in [6.45, 7) is 0. The van der Waals surface area contributed by atoms with Crippen molar-refractivity contribution in [2.24, 2.45) is 0 Å². The fourth-order valence-corrected chi connectivity index (χ4v) is 3.24. The summed E-state index contributed by atoms with van der Waals surface area (Å²) >= 11 is 1.51. The second-order valence-corrected chi connectivity index (χ2v) is 5.74. The van der Waals surface area contributed by atoms with E-state index in [9.17, 15) is 14.7 Å². The zero-order valence-corrected chi connectivity index (χ0v) is 11.5. The first kappa shape index (κ1) is 12.9. The number of amides is 1. The number of hydrogen-bond donors (Lipinski definition) is 1. The van der Waals surface area contributed by atoms with Crippen LogP contribution in [0, 0.1) is 0 Å². The molecule has 0 saturated carbocycles. The van der Waals surface area contributed by atoms with Crippen molar-refractivity contribution in [3.8, 4) is 0 Å². The third-order valence-electron chi connectivity index (χ3n) is 3.44. The van der Waals surface area contributed by atoms with E-state index in [4.69, 9.17) is 0 Å². The maximum Gasteiger partial charge on any atom is 0.327 e. The highest BCUT2D eigenvalue weighted by molar-refractivity contribution is 7.10. The van der Waals surface area contributed by atoms with Crippen LogP contribution in [0.5, 0.6) is 0 Å². The van der Waals surface area contributed by atoms with Gasteiger partial charge in [0.15, 0.2) is 0 Å². The molecule has 0 radical (unpaired) electrons. The standard InChI is InChI=1S/C15H13NO3S/c17-14(9-11-5-3-7-20-11)16-12-6-2-1-4-10(12)8-13(16)15(18)19/h1-7,13H,8-9H2,(H,18,19). The SMILES string of the molecule is O=C(O)C1Cc2ccccc2N1C(=O)Cc1cccs1. The zero-order chi connectivity index (χ0) is 14.1. The summed E-state index contributed by atoms with van der Waals surface area (Å²) in [5.74, 6) is -1.12. The Morgan fingerprint density at radius 2 is 2.05 bits per heavy atom. The molecule has 1 aliphatic rings. The lowest BCUT2D eigenvalue weighted by molar-refractivity contribution is -0.139. The molecule has 20 heavy (non-hydrogen) atoms. The van der Waals surface area contributed by atoms with E-state index in [1.165, 1.54) is 16.2 Å². The lowest BCUT2D eigenvalue weighted by Crippen LogP contribution is -2.43. The summed E-state index contributed by atoms with van der Waals surface area (Å²) in [7, 11) is 0. The summed E-state index contributed by atoms with van der Waals surface area (Å²) < 4.78 is 0. The van der Waals surface area contributed by atoms with Gasteiger partial charge in [-0.05, 0) is 23.1 Å². The van der Waals surface area contributed by atoms with Gasteiger partial charge in [-0.15, -0.1) is 11.3 Å². The summed E-state index contributed by atoms with van der Waals surface area (Å²) in [5, 5.41) is 11.3. The van der Waals surface area contributed by atoms with Gasteiger partial charge in [0.25, 0.3) is 0 Å². The maximum absolute atomic E-state index is 12.5. The number of carbonyl (C=O) groups excluding carboxylic acids is 1. The third kappa shape index (κ3) is 2.20. The van der Waals surface area contributed by atoms with Crippen LogP contribution in [0.3, 0.4) is 0 Å². The molecule has 1 amide bonds. The predicted octanol–water partition coefficient (Wildman–Crippen LogP) is 2.33. The van der Waals surface area contributed by atoms with E-state index in [-0.39, 0.29) is 12.3 Å². The maximum atomic E-state index is 12.5. The Morgan fingerprint density at radius 3 is 2.75 bits per heavy atom. The van der Waals surface area contributed by atoms with E-state index in [0.717, 1.165) is 16.1 Å². The average Bonchev–Trinajstić information content (AvgIpc) is 3.04. The van der Waals surface area contributed by atoms with Crippen LogP contribution < -0.4 is 4.90 Å². The molecular formula is C15H13NO3S. The van der Waals surface area contributed by atoms with Crippen LogP contribution in [0.4, 0.5) is 5.69 Å². The second kappa shape index (κ2) is 5.09. The van der Waals surface area contributed by atoms with Gasteiger partial charge in [0.1, 0.15) is 6.04 Å². The summed E-state index contributed by atoms with van der Waals surface area (Å²) in [6, 6.07) is 10.4. The van der Waals surface area contributed by atoms with Gasteiger partial charge >= 0.3 is 5.97 Å². The summed E-state index contributed by atoms with van der Waals surface area (Å²) in [6.07, 6.45) is 0.622. The Morgan fingerprint density at radius 1 is 1.25 bits per heavy atom. The van der Waals surface area contributed by atoms with Crippen LogP contribution in [0.1, 0.15) is 10.4 Å². The van der Waals surface area contributed by atoms with Crippen LogP contribution in [0.25, 0.3) is 0 Å². The molecule has 1 unspecified atom stereocenters. The number of carboxylic acids is 1. The largest absolute Gasteiger partial charge is 0.480 e. The zero-order valence-electron chi connectivity index (χ0n) is 10.7. The van der Waals surface area contributed by atoms with E-state index in [1.54, 1.807) is 0 Å². The number of para-hydroxylation sites is 1. The predicted molar refractivity (Wildman–Crippen MR) is 77.1 cm³/mol. The molecule has 0 fully saturated rings. The van der Waals surface area contributed by atoms with E-state index in [2.05, 4.69) is 0 Å². The smallest absolute Gasteiger partial charge is 0.327 e. The number of aliphatic carboxylic acids is 1. The van der Waals surface area contributed by atoms with Gasteiger partial charge in [-0.25, -0.2) is 4.79 Å². The first-order valence-electron chi connectivity index (χ1n) is 6.32. The number of hydrogen-bond acceptors (Lipinski definition) is 3. The van der Waals surface area contributed by atoms with Gasteiger partial charge in [0.2, 0.25) is 5.91 Å². The minimum Gasteiger partial charge on any atom is -0.480 e. The molecule has 1 aliphatic heterocycles. The van der Waals surface area contributed by atoms with Gasteiger partial charge in [-0.2, -0.15) is 0 Å². The Balaban J connectivity index is 1.92. The molecule has 0 bridgehead atoms. The molecule has 2 heterocycles. The highest BCUT2D eigenvalue weighted by Crippen LogP contribution is 2.32. The summed E-state index contributed by atoms with van der Waals surface area (Å²) in [5.41, 5.74) is 1.64. The number of nitrogens with zero attached hydrogens (tertiary/aromatic N) is 1. The van der Waals surface area contributed by atoms with Gasteiger partial charge in [-0.1, -0.05) is 24.3 Å². The number of carboxylic acid groups (broad SMARTS) is 1. The number of benzene rings is 1. The van der Waals surface area contributed by atoms with Gasteiger partial charge in [-0.3, -0.25) is 9.69 Å². The highest BCUT2D eigenvalue weighted by Gasteiger charge is 2.37. The summed E-state index contributed by atoms with van der Waals surface area (Å²) in [4.78, 5) is 26.2. The van der Waals surface area contributed by atoms with E-state index in [0.29, 0.717) is 6.42 Å². The van der Waals surface area contributed by atoms with Gasteiger partial charge in [0.05, 0.1) is 6.42 Å². The molecule has 4 nitrogen and oxygen atoms in total. The van der Waals surface area contributed by atoms with Gasteiger partial charge in [0, 0.05) is 17.0 Å². The lowest BCUT2D eigenvalue weighted by Gasteiger charge is -2.22. The van der Waals surface area contributed by atoms with Crippen molar-refractivity contribution in [3.63, 3.8) is 0 Å². The molecule has 102 valence electrons. The quantitative estimate of drug-likeness (QED) is 0.942. The van der Waals surface area contributed by atoms with Crippen molar-refractivity contribution < 1.29 is 14.7 Å². The molecule has 5 heteroatoms. The molecule has 1 N–H and O–H groups in total. The van der Waals surface area contributed by atoms with Crippen LogP contribution >= 0.6 is 11.3 Å². The Bertz CT molecular complexity index is 651. The average molecular weight is 287 g/mol. The van der Waals surface area contributed by atoms with Crippen LogP contribution in [0.2, 0.25) is 0 Å². The molecule has 0 aliphatic carbocycles. The Kier molecular flexibility index (Phi) is 3.28. The van der Waals surface area contributed by atoms with Crippen LogP contribution in [-0.4, -0.2) is 23.0 Å². The Hall–Kier alpha value is -2.14. The number of anilines is 1. The minimum absolute atomic E-state index is 0.162. The third-order valence-corrected chi connectivity index (χ3v) is 4.31. The first-order valence-corrected chi connectivity index (χ1v) is 7.20. The fraction of sp³-hybridized carbons (Fsp3) is 0.200. The molecule has 2 aromatic rings. The molecule has 1 aromatic heterocycles. The minimum atomic E-state index is -0.958. The van der Waals surface area contributed by atoms with Crippen LogP contribution in [0.15, 0.2) is 41.8 Å². The van der Waals surface area contributed by atoms with Crippen LogP contribution in [-0.2, 0) is 22.4 Å². The topological polar surface area (TPSA) is 57.6 Å². The number of thiophene rings is 1. The number of rotatable bonds is 3. The second-order valence-electron chi connectivity index (χ2n) is 4.71. The molecule has 0 spiro atoms. The first-order chi connectivity index (χ1) is 9.66. The molecule has 1 atom stereocenters. The Labute approximate surface area is 120 Å². The molecule has 1 aromatic carbocycles. The van der Waals surface area contributed by atoms with Gasteiger partial charge < -0.3 is 5.11 Å². The van der Waals surface area contributed by atoms with Crippen molar-refractivity contribution in [2.75, 3.05) is 4.90 Å². The van der Waals surface area contributed by atoms with Crippen molar-refractivity contribution in [2.45, 2.75) is 18.9 Å². The van der Waals surface area contributed by atoms with Crippen molar-refractivity contribution >= 4 is 28.9 Å². The van der Waals surface area contributed by atoms with E-state index < -0.39 is 12.0 Å². The molecular weight excluding hydrogens is 274 g/mol.